The van der Waals surface area contributed by atoms with Crippen LogP contribution in [-0.4, -0.2) is 9.49 Å². The summed E-state index contributed by atoms with van der Waals surface area (Å²) in [5.41, 5.74) is 0.378. The van der Waals surface area contributed by atoms with E-state index in [1.54, 1.807) is 19.2 Å². The number of aromatic nitrogens is 1. The third-order valence-corrected chi connectivity index (χ3v) is 2.32. The number of benzene rings is 1. The lowest BCUT2D eigenvalue weighted by atomic mass is 10.2. The number of nitro benzene ring substituents is 1. The largest absolute Gasteiger partial charge is 0.311 e. The molecule has 0 saturated carbocycles. The number of nitro groups is 1. The minimum Gasteiger partial charge on any atom is -0.311 e. The van der Waals surface area contributed by atoms with Gasteiger partial charge in [0.2, 0.25) is 0 Å². The molecule has 0 amide bonds. The van der Waals surface area contributed by atoms with Crippen LogP contribution in [0.4, 0.5) is 5.69 Å². The predicted molar refractivity (Wildman–Crippen MR) is 55.8 cm³/mol. The Bertz CT molecular complexity index is 601. The molecular weight excluding hydrogens is 196 g/mol. The molecule has 0 radical (unpaired) electrons. The lowest BCUT2D eigenvalue weighted by molar-refractivity contribution is -0.384. The Kier molecular flexibility index (Phi) is 2.00. The van der Waals surface area contributed by atoms with Crippen molar-refractivity contribution in [1.82, 2.24) is 4.57 Å². The van der Waals surface area contributed by atoms with Crippen molar-refractivity contribution in [1.29, 1.82) is 0 Å². The summed E-state index contributed by atoms with van der Waals surface area (Å²) < 4.78 is 1.39. The highest BCUT2D eigenvalue weighted by molar-refractivity contribution is 5.81. The first-order valence-electron chi connectivity index (χ1n) is 4.34. The Balaban J connectivity index is 2.85. The van der Waals surface area contributed by atoms with Crippen LogP contribution in [0, 0.1) is 10.1 Å². The molecule has 0 unspecified atom stereocenters. The predicted octanol–water partition coefficient (Wildman–Crippen LogP) is 1.45. The number of hydrogen-bond acceptors (Lipinski definition) is 3. The molecule has 0 saturated heterocycles. The van der Waals surface area contributed by atoms with Crippen molar-refractivity contribution < 1.29 is 4.92 Å². The first-order chi connectivity index (χ1) is 7.09. The van der Waals surface area contributed by atoms with Crippen molar-refractivity contribution in [3.8, 4) is 0 Å². The highest BCUT2D eigenvalue weighted by atomic mass is 16.6. The Morgan fingerprint density at radius 2 is 1.93 bits per heavy atom. The van der Waals surface area contributed by atoms with Gasteiger partial charge in [-0.3, -0.25) is 14.9 Å². The van der Waals surface area contributed by atoms with Gasteiger partial charge in [-0.25, -0.2) is 0 Å². The van der Waals surface area contributed by atoms with E-state index >= 15 is 0 Å². The fourth-order valence-electron chi connectivity index (χ4n) is 1.47. The van der Waals surface area contributed by atoms with Crippen molar-refractivity contribution in [2.24, 2.45) is 7.05 Å². The molecule has 0 fully saturated rings. The average molecular weight is 204 g/mol. The fourth-order valence-corrected chi connectivity index (χ4v) is 1.47. The summed E-state index contributed by atoms with van der Waals surface area (Å²) in [4.78, 5) is 21.4. The second-order valence-corrected chi connectivity index (χ2v) is 3.23. The van der Waals surface area contributed by atoms with Crippen LogP contribution in [0.3, 0.4) is 0 Å². The molecule has 1 aromatic heterocycles. The fraction of sp³-hybridized carbons (Fsp3) is 0.100. The summed E-state index contributed by atoms with van der Waals surface area (Å²) in [6, 6.07) is 7.55. The van der Waals surface area contributed by atoms with Crippen molar-refractivity contribution >= 4 is 16.6 Å². The summed E-state index contributed by atoms with van der Waals surface area (Å²) in [6.45, 7) is 0. The number of fused-ring (bicyclic) bond motifs is 1. The van der Waals surface area contributed by atoms with E-state index in [2.05, 4.69) is 0 Å². The standard InChI is InChI=1S/C10H8N2O3/c1-11-9-6-8(12(14)15)4-2-7(9)3-5-10(11)13/h2-6H,1H3. The molecule has 15 heavy (non-hydrogen) atoms. The average Bonchev–Trinajstić information content (AvgIpc) is 2.23. The number of nitrogens with zero attached hydrogens (tertiary/aromatic N) is 2. The molecule has 76 valence electrons. The summed E-state index contributed by atoms with van der Waals surface area (Å²) in [5.74, 6) is 0. The Morgan fingerprint density at radius 1 is 1.27 bits per heavy atom. The van der Waals surface area contributed by atoms with Gasteiger partial charge in [-0.2, -0.15) is 0 Å². The topological polar surface area (TPSA) is 65.1 Å². The molecule has 2 rings (SSSR count). The monoisotopic (exact) mass is 204 g/mol. The molecule has 1 aromatic carbocycles. The number of non-ortho nitro benzene ring substituents is 1. The van der Waals surface area contributed by atoms with Gasteiger partial charge in [-0.05, 0) is 17.5 Å². The van der Waals surface area contributed by atoms with Crippen LogP contribution in [0.25, 0.3) is 10.9 Å². The van der Waals surface area contributed by atoms with E-state index in [0.29, 0.717) is 5.52 Å². The van der Waals surface area contributed by atoms with Gasteiger partial charge < -0.3 is 4.57 Å². The van der Waals surface area contributed by atoms with Gasteiger partial charge in [0.25, 0.3) is 11.2 Å². The van der Waals surface area contributed by atoms with Gasteiger partial charge in [-0.15, -0.1) is 0 Å². The maximum absolute atomic E-state index is 11.3. The molecule has 0 aliphatic heterocycles. The smallest absolute Gasteiger partial charge is 0.271 e. The molecule has 0 aliphatic rings. The Hall–Kier alpha value is -2.17. The molecule has 0 spiro atoms. The zero-order valence-corrected chi connectivity index (χ0v) is 8.01. The van der Waals surface area contributed by atoms with Gasteiger partial charge in [0.15, 0.2) is 0 Å². The molecule has 2 aromatic rings. The first-order valence-corrected chi connectivity index (χ1v) is 4.34. The zero-order chi connectivity index (χ0) is 11.0. The number of rotatable bonds is 1. The van der Waals surface area contributed by atoms with E-state index in [1.165, 1.54) is 22.8 Å². The number of hydrogen-bond donors (Lipinski definition) is 0. The number of pyridine rings is 1. The van der Waals surface area contributed by atoms with Crippen LogP contribution in [0.1, 0.15) is 0 Å². The second-order valence-electron chi connectivity index (χ2n) is 3.23. The maximum atomic E-state index is 11.3. The van der Waals surface area contributed by atoms with E-state index in [1.807, 2.05) is 0 Å². The third-order valence-electron chi connectivity index (χ3n) is 2.32. The highest BCUT2D eigenvalue weighted by Gasteiger charge is 2.07. The van der Waals surface area contributed by atoms with E-state index in [9.17, 15) is 14.9 Å². The van der Waals surface area contributed by atoms with Gasteiger partial charge in [0.05, 0.1) is 10.4 Å². The van der Waals surface area contributed by atoms with E-state index in [-0.39, 0.29) is 11.2 Å². The molecule has 5 nitrogen and oxygen atoms in total. The van der Waals surface area contributed by atoms with Crippen LogP contribution in [0.15, 0.2) is 35.1 Å². The molecule has 1 heterocycles. The van der Waals surface area contributed by atoms with E-state index in [0.717, 1.165) is 5.39 Å². The zero-order valence-electron chi connectivity index (χ0n) is 8.01. The molecule has 0 atom stereocenters. The second kappa shape index (κ2) is 3.20. The van der Waals surface area contributed by atoms with Crippen molar-refractivity contribution in [2.45, 2.75) is 0 Å². The lowest BCUT2D eigenvalue weighted by Crippen LogP contribution is -2.14. The first kappa shape index (κ1) is 9.39. The summed E-state index contributed by atoms with van der Waals surface area (Å²) in [6.07, 6.45) is 0. The number of aryl methyl sites for hydroxylation is 1. The molecule has 0 aliphatic carbocycles. The van der Waals surface area contributed by atoms with Crippen LogP contribution in [-0.2, 0) is 7.05 Å². The Morgan fingerprint density at radius 3 is 2.60 bits per heavy atom. The SMILES string of the molecule is Cn1c(=O)ccc2ccc([N+](=O)[O-])cc21. The Labute approximate surface area is 84.7 Å². The van der Waals surface area contributed by atoms with E-state index < -0.39 is 4.92 Å². The third kappa shape index (κ3) is 1.48. The van der Waals surface area contributed by atoms with Crippen LogP contribution in [0.5, 0.6) is 0 Å². The van der Waals surface area contributed by atoms with Gasteiger partial charge in [-0.1, -0.05) is 0 Å². The van der Waals surface area contributed by atoms with Crippen molar-refractivity contribution in [3.63, 3.8) is 0 Å². The molecular formula is C10H8N2O3. The summed E-state index contributed by atoms with van der Waals surface area (Å²) in [5, 5.41) is 11.4. The maximum Gasteiger partial charge on any atom is 0.271 e. The highest BCUT2D eigenvalue weighted by Crippen LogP contribution is 2.18. The van der Waals surface area contributed by atoms with Crippen molar-refractivity contribution in [2.75, 3.05) is 0 Å². The van der Waals surface area contributed by atoms with Gasteiger partial charge in [0, 0.05) is 25.2 Å². The van der Waals surface area contributed by atoms with Gasteiger partial charge >= 0.3 is 0 Å². The minimum atomic E-state index is -0.475. The van der Waals surface area contributed by atoms with Gasteiger partial charge in [0.1, 0.15) is 0 Å². The minimum absolute atomic E-state index is 0.0105. The summed E-state index contributed by atoms with van der Waals surface area (Å²) >= 11 is 0. The van der Waals surface area contributed by atoms with E-state index in [4.69, 9.17) is 0 Å². The van der Waals surface area contributed by atoms with Crippen LogP contribution >= 0.6 is 0 Å². The summed E-state index contributed by atoms with van der Waals surface area (Å²) in [7, 11) is 1.59. The normalized spacial score (nSPS) is 10.5. The van der Waals surface area contributed by atoms with Crippen LogP contribution < -0.4 is 5.56 Å². The molecule has 0 N–H and O–H groups in total. The quantitative estimate of drug-likeness (QED) is 0.521. The molecule has 5 heteroatoms. The van der Waals surface area contributed by atoms with Crippen molar-refractivity contribution in [3.05, 3.63) is 50.8 Å². The lowest BCUT2D eigenvalue weighted by Gasteiger charge is -2.03. The molecule has 0 bridgehead atoms. The van der Waals surface area contributed by atoms with Crippen LogP contribution in [0.2, 0.25) is 0 Å².